The first kappa shape index (κ1) is 15.0. The number of anilines is 1. The van der Waals surface area contributed by atoms with E-state index in [-0.39, 0.29) is 16.1 Å². The van der Waals surface area contributed by atoms with Gasteiger partial charge in [-0.1, -0.05) is 6.07 Å². The molecule has 110 valence electrons. The highest BCUT2D eigenvalue weighted by molar-refractivity contribution is 7.92. The third-order valence-electron chi connectivity index (χ3n) is 2.84. The Bertz CT molecular complexity index is 785. The lowest BCUT2D eigenvalue weighted by Gasteiger charge is -2.09. The van der Waals surface area contributed by atoms with Gasteiger partial charge in [-0.2, -0.15) is 0 Å². The highest BCUT2D eigenvalue weighted by Crippen LogP contribution is 2.19. The van der Waals surface area contributed by atoms with Crippen LogP contribution in [0.25, 0.3) is 0 Å². The number of carboxylic acids is 1. The van der Waals surface area contributed by atoms with E-state index in [1.165, 1.54) is 43.3 Å². The van der Waals surface area contributed by atoms with Crippen molar-refractivity contribution in [1.82, 2.24) is 0 Å². The Morgan fingerprint density at radius 2 is 1.76 bits per heavy atom. The fourth-order valence-corrected chi connectivity index (χ4v) is 2.71. The quantitative estimate of drug-likeness (QED) is 0.909. The zero-order chi connectivity index (χ0) is 15.6. The van der Waals surface area contributed by atoms with Crippen LogP contribution in [0.2, 0.25) is 0 Å². The number of aryl methyl sites for hydroxylation is 1. The van der Waals surface area contributed by atoms with E-state index in [9.17, 15) is 17.6 Å². The van der Waals surface area contributed by atoms with Crippen LogP contribution in [0.1, 0.15) is 15.9 Å². The molecule has 0 heterocycles. The number of rotatable bonds is 4. The molecule has 2 aromatic carbocycles. The van der Waals surface area contributed by atoms with Crippen molar-refractivity contribution in [3.05, 3.63) is 59.4 Å². The Kier molecular flexibility index (Phi) is 3.95. The lowest BCUT2D eigenvalue weighted by Crippen LogP contribution is -2.13. The molecular formula is C14H12FNO4S. The van der Waals surface area contributed by atoms with E-state index < -0.39 is 21.8 Å². The summed E-state index contributed by atoms with van der Waals surface area (Å²) in [5, 5.41) is 8.76. The maximum atomic E-state index is 13.4. The Hall–Kier alpha value is -2.41. The van der Waals surface area contributed by atoms with Gasteiger partial charge in [0.25, 0.3) is 10.0 Å². The second-order valence-corrected chi connectivity index (χ2v) is 6.08. The molecule has 0 saturated carbocycles. The number of benzene rings is 2. The molecule has 0 bridgehead atoms. The van der Waals surface area contributed by atoms with Gasteiger partial charge in [-0.25, -0.2) is 17.6 Å². The van der Waals surface area contributed by atoms with Crippen LogP contribution in [0, 0.1) is 12.7 Å². The molecule has 0 amide bonds. The molecule has 0 spiro atoms. The van der Waals surface area contributed by atoms with Crippen molar-refractivity contribution < 1.29 is 22.7 Å². The molecule has 2 N–H and O–H groups in total. The van der Waals surface area contributed by atoms with Gasteiger partial charge in [0.15, 0.2) is 0 Å². The molecule has 0 saturated heterocycles. The predicted octanol–water partition coefficient (Wildman–Crippen LogP) is 2.63. The van der Waals surface area contributed by atoms with E-state index in [1.54, 1.807) is 0 Å². The van der Waals surface area contributed by atoms with Gasteiger partial charge in [-0.05, 0) is 48.9 Å². The fraction of sp³-hybridized carbons (Fsp3) is 0.0714. The summed E-state index contributed by atoms with van der Waals surface area (Å²) in [4.78, 5) is 10.5. The van der Waals surface area contributed by atoms with E-state index in [0.29, 0.717) is 5.56 Å². The second-order valence-electron chi connectivity index (χ2n) is 4.40. The van der Waals surface area contributed by atoms with Crippen molar-refractivity contribution in [2.24, 2.45) is 0 Å². The zero-order valence-electron chi connectivity index (χ0n) is 11.0. The number of aromatic carboxylic acids is 1. The molecule has 0 aliphatic heterocycles. The minimum Gasteiger partial charge on any atom is -0.478 e. The Morgan fingerprint density at radius 1 is 1.14 bits per heavy atom. The Balaban J connectivity index is 2.28. The molecule has 0 aromatic heterocycles. The summed E-state index contributed by atoms with van der Waals surface area (Å²) in [6.45, 7) is 1.53. The van der Waals surface area contributed by atoms with E-state index in [4.69, 9.17) is 5.11 Å². The van der Waals surface area contributed by atoms with Crippen molar-refractivity contribution in [2.45, 2.75) is 11.8 Å². The number of halogens is 1. The normalized spacial score (nSPS) is 11.1. The number of sulfonamides is 1. The third-order valence-corrected chi connectivity index (χ3v) is 4.22. The maximum absolute atomic E-state index is 13.4. The van der Waals surface area contributed by atoms with Gasteiger partial charge >= 0.3 is 5.97 Å². The molecule has 0 atom stereocenters. The highest BCUT2D eigenvalue weighted by Gasteiger charge is 2.16. The minimum atomic E-state index is -3.92. The van der Waals surface area contributed by atoms with Gasteiger partial charge in [0.1, 0.15) is 5.82 Å². The number of carbonyl (C=O) groups is 1. The molecule has 2 rings (SSSR count). The first-order valence-electron chi connectivity index (χ1n) is 5.92. The van der Waals surface area contributed by atoms with Gasteiger partial charge in [0.2, 0.25) is 0 Å². The van der Waals surface area contributed by atoms with Crippen LogP contribution >= 0.6 is 0 Å². The molecule has 5 nitrogen and oxygen atoms in total. The number of carboxylic acid groups (broad SMARTS) is 1. The lowest BCUT2D eigenvalue weighted by atomic mass is 10.2. The van der Waals surface area contributed by atoms with Gasteiger partial charge in [0.05, 0.1) is 10.5 Å². The molecule has 2 aromatic rings. The Labute approximate surface area is 121 Å². The summed E-state index contributed by atoms with van der Waals surface area (Å²) in [7, 11) is -3.92. The Morgan fingerprint density at radius 3 is 2.29 bits per heavy atom. The van der Waals surface area contributed by atoms with Gasteiger partial charge < -0.3 is 5.11 Å². The summed E-state index contributed by atoms with van der Waals surface area (Å²) < 4.78 is 39.9. The van der Waals surface area contributed by atoms with Crippen molar-refractivity contribution in [3.63, 3.8) is 0 Å². The summed E-state index contributed by atoms with van der Waals surface area (Å²) in [5.41, 5.74) is 0.583. The topological polar surface area (TPSA) is 83.5 Å². The van der Waals surface area contributed by atoms with Crippen LogP contribution in [-0.2, 0) is 10.0 Å². The van der Waals surface area contributed by atoms with E-state index in [0.717, 1.165) is 6.07 Å². The molecule has 0 aliphatic carbocycles. The van der Waals surface area contributed by atoms with Crippen LogP contribution in [0.4, 0.5) is 10.1 Å². The summed E-state index contributed by atoms with van der Waals surface area (Å²) in [5.74, 6) is -1.72. The standard InChI is InChI=1S/C14H12FNO4S/c1-9-2-7-12(8-13(9)15)21(19,20)16-11-5-3-10(4-6-11)14(17)18/h2-8,16H,1H3,(H,17,18). The molecule has 0 fully saturated rings. The summed E-state index contributed by atoms with van der Waals surface area (Å²) >= 11 is 0. The maximum Gasteiger partial charge on any atom is 0.335 e. The first-order valence-corrected chi connectivity index (χ1v) is 7.40. The molecule has 0 aliphatic rings. The third kappa shape index (κ3) is 3.38. The fourth-order valence-electron chi connectivity index (χ4n) is 1.64. The average molecular weight is 309 g/mol. The van der Waals surface area contributed by atoms with Crippen LogP contribution in [0.3, 0.4) is 0 Å². The molecule has 0 radical (unpaired) electrons. The van der Waals surface area contributed by atoms with Gasteiger partial charge in [0, 0.05) is 5.69 Å². The molecular weight excluding hydrogens is 297 g/mol. The van der Waals surface area contributed by atoms with Crippen LogP contribution < -0.4 is 4.72 Å². The van der Waals surface area contributed by atoms with Crippen LogP contribution in [-0.4, -0.2) is 19.5 Å². The summed E-state index contributed by atoms with van der Waals surface area (Å²) in [6, 6.07) is 8.80. The molecule has 7 heteroatoms. The van der Waals surface area contributed by atoms with Gasteiger partial charge in [-0.15, -0.1) is 0 Å². The minimum absolute atomic E-state index is 0.0410. The van der Waals surface area contributed by atoms with Crippen LogP contribution in [0.15, 0.2) is 47.4 Å². The lowest BCUT2D eigenvalue weighted by molar-refractivity contribution is 0.0697. The van der Waals surface area contributed by atoms with E-state index >= 15 is 0 Å². The van der Waals surface area contributed by atoms with Crippen molar-refractivity contribution in [1.29, 1.82) is 0 Å². The average Bonchev–Trinajstić information content (AvgIpc) is 2.42. The largest absolute Gasteiger partial charge is 0.478 e. The number of nitrogens with one attached hydrogen (secondary N) is 1. The highest BCUT2D eigenvalue weighted by atomic mass is 32.2. The van der Waals surface area contributed by atoms with Crippen molar-refractivity contribution in [2.75, 3.05) is 4.72 Å². The van der Waals surface area contributed by atoms with Crippen molar-refractivity contribution >= 4 is 21.7 Å². The monoisotopic (exact) mass is 309 g/mol. The van der Waals surface area contributed by atoms with E-state index in [1.807, 2.05) is 0 Å². The second kappa shape index (κ2) is 5.53. The molecule has 0 unspecified atom stereocenters. The summed E-state index contributed by atoms with van der Waals surface area (Å²) in [6.07, 6.45) is 0. The SMILES string of the molecule is Cc1ccc(S(=O)(=O)Nc2ccc(C(=O)O)cc2)cc1F. The zero-order valence-corrected chi connectivity index (χ0v) is 11.8. The molecule has 21 heavy (non-hydrogen) atoms. The first-order chi connectivity index (χ1) is 9.79. The van der Waals surface area contributed by atoms with Crippen molar-refractivity contribution in [3.8, 4) is 0 Å². The van der Waals surface area contributed by atoms with Crippen LogP contribution in [0.5, 0.6) is 0 Å². The van der Waals surface area contributed by atoms with E-state index in [2.05, 4.69) is 4.72 Å². The number of hydrogen-bond acceptors (Lipinski definition) is 3. The predicted molar refractivity (Wildman–Crippen MR) is 75.3 cm³/mol. The smallest absolute Gasteiger partial charge is 0.335 e. The number of hydrogen-bond donors (Lipinski definition) is 2. The van der Waals surface area contributed by atoms with Gasteiger partial charge in [-0.3, -0.25) is 4.72 Å².